The number of rotatable bonds is 7. The second-order valence-electron chi connectivity index (χ2n) is 5.28. The molecular formula is C15H27N3. The third-order valence-electron chi connectivity index (χ3n) is 4.10. The van der Waals surface area contributed by atoms with Gasteiger partial charge in [0.2, 0.25) is 0 Å². The molecule has 0 aliphatic carbocycles. The molecular weight excluding hydrogens is 222 g/mol. The molecule has 0 fully saturated rings. The molecule has 1 heterocycles. The Morgan fingerprint density at radius 2 is 2.11 bits per heavy atom. The maximum Gasteiger partial charge on any atom is 0.0328 e. The van der Waals surface area contributed by atoms with Crippen molar-refractivity contribution in [2.24, 2.45) is 0 Å². The number of aromatic nitrogens is 1. The molecule has 0 saturated carbocycles. The Bertz CT molecular complexity index is 337. The number of nitrogens with one attached hydrogen (secondary N) is 1. The maximum atomic E-state index is 4.21. The first-order chi connectivity index (χ1) is 8.54. The normalized spacial score (nSPS) is 16.6. The van der Waals surface area contributed by atoms with Crippen molar-refractivity contribution in [2.45, 2.75) is 45.2 Å². The zero-order valence-corrected chi connectivity index (χ0v) is 12.4. The lowest BCUT2D eigenvalue weighted by Gasteiger charge is -2.43. The van der Waals surface area contributed by atoms with Crippen LogP contribution >= 0.6 is 0 Å². The van der Waals surface area contributed by atoms with Gasteiger partial charge < -0.3 is 10.2 Å². The van der Waals surface area contributed by atoms with Gasteiger partial charge >= 0.3 is 0 Å². The van der Waals surface area contributed by atoms with E-state index in [-0.39, 0.29) is 5.54 Å². The average molecular weight is 249 g/mol. The minimum absolute atomic E-state index is 0.159. The molecule has 1 rings (SSSR count). The Morgan fingerprint density at radius 3 is 2.56 bits per heavy atom. The Hall–Kier alpha value is -0.930. The molecule has 1 aromatic heterocycles. The van der Waals surface area contributed by atoms with E-state index in [1.165, 1.54) is 5.56 Å². The fourth-order valence-corrected chi connectivity index (χ4v) is 2.39. The van der Waals surface area contributed by atoms with Crippen molar-refractivity contribution < 1.29 is 0 Å². The molecule has 0 aromatic carbocycles. The van der Waals surface area contributed by atoms with Gasteiger partial charge in [-0.15, -0.1) is 0 Å². The van der Waals surface area contributed by atoms with Crippen LogP contribution in [0.2, 0.25) is 0 Å². The van der Waals surface area contributed by atoms with Gasteiger partial charge in [-0.1, -0.05) is 19.9 Å². The van der Waals surface area contributed by atoms with Crippen LogP contribution in [0.25, 0.3) is 0 Å². The molecule has 0 saturated heterocycles. The lowest BCUT2D eigenvalue weighted by Crippen LogP contribution is -2.57. The molecule has 0 amide bonds. The summed E-state index contributed by atoms with van der Waals surface area (Å²) in [5, 5.41) is 3.63. The molecule has 2 atom stereocenters. The van der Waals surface area contributed by atoms with Gasteiger partial charge in [0.25, 0.3) is 0 Å². The molecule has 2 unspecified atom stereocenters. The van der Waals surface area contributed by atoms with Gasteiger partial charge in [0.05, 0.1) is 0 Å². The van der Waals surface area contributed by atoms with Gasteiger partial charge in [0, 0.05) is 24.0 Å². The third kappa shape index (κ3) is 3.53. The third-order valence-corrected chi connectivity index (χ3v) is 4.10. The monoisotopic (exact) mass is 249 g/mol. The predicted molar refractivity (Wildman–Crippen MR) is 77.8 cm³/mol. The van der Waals surface area contributed by atoms with Gasteiger partial charge in [0.15, 0.2) is 0 Å². The number of nitrogens with zero attached hydrogens (tertiary/aromatic N) is 2. The topological polar surface area (TPSA) is 28.2 Å². The van der Waals surface area contributed by atoms with Gasteiger partial charge in [-0.3, -0.25) is 4.98 Å². The molecule has 1 N–H and O–H groups in total. The molecule has 3 nitrogen and oxygen atoms in total. The zero-order valence-electron chi connectivity index (χ0n) is 12.4. The van der Waals surface area contributed by atoms with E-state index >= 15 is 0 Å². The van der Waals surface area contributed by atoms with Crippen LogP contribution in [0.3, 0.4) is 0 Å². The summed E-state index contributed by atoms with van der Waals surface area (Å²) in [4.78, 5) is 6.54. The van der Waals surface area contributed by atoms with E-state index in [9.17, 15) is 0 Å². The van der Waals surface area contributed by atoms with Crippen molar-refractivity contribution in [2.75, 3.05) is 20.6 Å². The van der Waals surface area contributed by atoms with Gasteiger partial charge in [-0.25, -0.2) is 0 Å². The van der Waals surface area contributed by atoms with Crippen LogP contribution in [0, 0.1) is 0 Å². The van der Waals surface area contributed by atoms with E-state index in [2.05, 4.69) is 56.1 Å². The fourth-order valence-electron chi connectivity index (χ4n) is 2.39. The summed E-state index contributed by atoms with van der Waals surface area (Å²) < 4.78 is 0. The summed E-state index contributed by atoms with van der Waals surface area (Å²) in [6, 6.07) is 4.60. The minimum atomic E-state index is 0.159. The minimum Gasteiger partial charge on any atom is -0.312 e. The quantitative estimate of drug-likeness (QED) is 0.804. The SMILES string of the molecule is CCNC(Cc1cccnc1)C(C)(CC)N(C)C. The van der Waals surface area contributed by atoms with Crippen molar-refractivity contribution in [3.8, 4) is 0 Å². The van der Waals surface area contributed by atoms with E-state index in [1.807, 2.05) is 18.5 Å². The van der Waals surface area contributed by atoms with Gasteiger partial charge in [0.1, 0.15) is 0 Å². The van der Waals surface area contributed by atoms with Crippen molar-refractivity contribution >= 4 is 0 Å². The molecule has 0 aliphatic heterocycles. The first-order valence-electron chi connectivity index (χ1n) is 6.84. The van der Waals surface area contributed by atoms with E-state index in [0.29, 0.717) is 6.04 Å². The van der Waals surface area contributed by atoms with Crippen LogP contribution < -0.4 is 5.32 Å². The van der Waals surface area contributed by atoms with Crippen LogP contribution in [-0.4, -0.2) is 42.1 Å². The first-order valence-corrected chi connectivity index (χ1v) is 6.84. The van der Waals surface area contributed by atoms with Crippen LogP contribution in [0.1, 0.15) is 32.8 Å². The number of hydrogen-bond acceptors (Lipinski definition) is 3. The number of likely N-dealkylation sites (N-methyl/N-ethyl adjacent to an activating group) is 2. The molecule has 0 spiro atoms. The summed E-state index contributed by atoms with van der Waals surface area (Å²) in [5.41, 5.74) is 1.45. The molecule has 3 heteroatoms. The smallest absolute Gasteiger partial charge is 0.0328 e. The molecule has 1 aromatic rings. The van der Waals surface area contributed by atoms with E-state index in [0.717, 1.165) is 19.4 Å². The second-order valence-corrected chi connectivity index (χ2v) is 5.28. The van der Waals surface area contributed by atoms with Gasteiger partial charge in [-0.2, -0.15) is 0 Å². The van der Waals surface area contributed by atoms with Crippen molar-refractivity contribution in [3.63, 3.8) is 0 Å². The highest BCUT2D eigenvalue weighted by molar-refractivity contribution is 5.13. The lowest BCUT2D eigenvalue weighted by molar-refractivity contribution is 0.113. The summed E-state index contributed by atoms with van der Waals surface area (Å²) in [7, 11) is 4.33. The Kier molecular flexibility index (Phi) is 5.76. The summed E-state index contributed by atoms with van der Waals surface area (Å²) in [6.45, 7) is 7.75. The largest absolute Gasteiger partial charge is 0.312 e. The van der Waals surface area contributed by atoms with Crippen molar-refractivity contribution in [1.82, 2.24) is 15.2 Å². The predicted octanol–water partition coefficient (Wildman–Crippen LogP) is 2.33. The van der Waals surface area contributed by atoms with Gasteiger partial charge in [-0.05, 0) is 52.0 Å². The molecule has 102 valence electrons. The molecule has 0 radical (unpaired) electrons. The van der Waals surface area contributed by atoms with Crippen LogP contribution in [0.4, 0.5) is 0 Å². The summed E-state index contributed by atoms with van der Waals surface area (Å²) >= 11 is 0. The highest BCUT2D eigenvalue weighted by Gasteiger charge is 2.34. The van der Waals surface area contributed by atoms with E-state index in [1.54, 1.807) is 0 Å². The Balaban J connectivity index is 2.88. The summed E-state index contributed by atoms with van der Waals surface area (Å²) in [6.07, 6.45) is 5.94. The average Bonchev–Trinajstić information content (AvgIpc) is 2.38. The summed E-state index contributed by atoms with van der Waals surface area (Å²) in [5.74, 6) is 0. The van der Waals surface area contributed by atoms with Crippen LogP contribution in [-0.2, 0) is 6.42 Å². The highest BCUT2D eigenvalue weighted by Crippen LogP contribution is 2.23. The van der Waals surface area contributed by atoms with Crippen molar-refractivity contribution in [3.05, 3.63) is 30.1 Å². The van der Waals surface area contributed by atoms with E-state index < -0.39 is 0 Å². The maximum absolute atomic E-state index is 4.21. The van der Waals surface area contributed by atoms with Crippen molar-refractivity contribution in [1.29, 1.82) is 0 Å². The Morgan fingerprint density at radius 1 is 1.39 bits per heavy atom. The van der Waals surface area contributed by atoms with E-state index in [4.69, 9.17) is 0 Å². The standard InChI is InChI=1S/C15H27N3/c1-6-15(3,18(4)5)14(17-7-2)11-13-9-8-10-16-12-13/h8-10,12,14,17H,6-7,11H2,1-5H3. The lowest BCUT2D eigenvalue weighted by atomic mass is 9.84. The number of pyridine rings is 1. The highest BCUT2D eigenvalue weighted by atomic mass is 15.2. The molecule has 18 heavy (non-hydrogen) atoms. The molecule has 0 bridgehead atoms. The second kappa shape index (κ2) is 6.86. The Labute approximate surface area is 112 Å². The first kappa shape index (κ1) is 15.1. The van der Waals surface area contributed by atoms with Crippen LogP contribution in [0.5, 0.6) is 0 Å². The fraction of sp³-hybridized carbons (Fsp3) is 0.667. The zero-order chi connectivity index (χ0) is 13.6. The van der Waals surface area contributed by atoms with Crippen LogP contribution in [0.15, 0.2) is 24.5 Å². The number of hydrogen-bond donors (Lipinski definition) is 1. The molecule has 0 aliphatic rings.